The molecule has 1 aliphatic rings. The number of carboxylic acid groups (broad SMARTS) is 1. The van der Waals surface area contributed by atoms with Gasteiger partial charge in [0.15, 0.2) is 0 Å². The molecule has 1 unspecified atom stereocenters. The maximum Gasteiger partial charge on any atom is 0.306 e. The van der Waals surface area contributed by atoms with E-state index in [1.807, 2.05) is 12.5 Å². The van der Waals surface area contributed by atoms with Crippen LogP contribution in [0.25, 0.3) is 0 Å². The molecule has 1 aromatic rings. The van der Waals surface area contributed by atoms with E-state index in [9.17, 15) is 4.79 Å². The van der Waals surface area contributed by atoms with Gasteiger partial charge in [-0.2, -0.15) is 0 Å². The minimum absolute atomic E-state index is 0.240. The summed E-state index contributed by atoms with van der Waals surface area (Å²) in [6.07, 6.45) is 3.76. The average Bonchev–Trinajstić information content (AvgIpc) is 2.69. The normalized spacial score (nSPS) is 18.9. The smallest absolute Gasteiger partial charge is 0.306 e. The molecular weight excluding hydrogens is 230 g/mol. The van der Waals surface area contributed by atoms with Crippen molar-refractivity contribution in [2.75, 3.05) is 13.1 Å². The minimum atomic E-state index is -0.688. The largest absolute Gasteiger partial charge is 0.481 e. The first-order chi connectivity index (χ1) is 8.49. The summed E-state index contributed by atoms with van der Waals surface area (Å²) in [5.41, 5.74) is 1.20. The van der Waals surface area contributed by atoms with Crippen molar-refractivity contribution >= 4 is 5.97 Å². The van der Waals surface area contributed by atoms with Gasteiger partial charge in [-0.05, 0) is 19.8 Å². The fourth-order valence-electron chi connectivity index (χ4n) is 2.41. The summed E-state index contributed by atoms with van der Waals surface area (Å²) < 4.78 is 2.16. The lowest BCUT2D eigenvalue weighted by Gasteiger charge is -2.41. The molecule has 1 N–H and O–H groups in total. The highest BCUT2D eigenvalue weighted by molar-refractivity contribution is 5.70. The Kier molecular flexibility index (Phi) is 3.71. The highest BCUT2D eigenvalue weighted by Crippen LogP contribution is 2.26. The quantitative estimate of drug-likeness (QED) is 0.864. The first kappa shape index (κ1) is 13.1. The van der Waals surface area contributed by atoms with Crippen LogP contribution in [0, 0.1) is 11.8 Å². The summed E-state index contributed by atoms with van der Waals surface area (Å²) in [5, 5.41) is 8.94. The average molecular weight is 251 g/mol. The molecular formula is C13H21N3O2. The molecule has 0 saturated carbocycles. The van der Waals surface area contributed by atoms with Gasteiger partial charge in [0.1, 0.15) is 0 Å². The van der Waals surface area contributed by atoms with Crippen molar-refractivity contribution in [3.05, 3.63) is 18.2 Å². The van der Waals surface area contributed by atoms with Gasteiger partial charge in [-0.25, -0.2) is 4.98 Å². The number of carboxylic acids is 1. The standard InChI is InChI=1S/C13H21N3O2/c1-9(2)16-8-14-4-12(16)7-15-5-11(6-15)10(3)13(17)18/h4,8-11H,5-7H2,1-3H3,(H,17,18). The molecule has 0 spiro atoms. The molecule has 1 aliphatic heterocycles. The molecule has 1 fully saturated rings. The van der Waals surface area contributed by atoms with Gasteiger partial charge in [0.2, 0.25) is 0 Å². The number of hydrogen-bond donors (Lipinski definition) is 1. The molecule has 0 amide bonds. The topological polar surface area (TPSA) is 58.4 Å². The summed E-state index contributed by atoms with van der Waals surface area (Å²) in [5.74, 6) is -0.638. The Hall–Kier alpha value is -1.36. The number of aromatic nitrogens is 2. The molecule has 5 nitrogen and oxygen atoms in total. The Balaban J connectivity index is 1.87. The fraction of sp³-hybridized carbons (Fsp3) is 0.692. The lowest BCUT2D eigenvalue weighted by Crippen LogP contribution is -2.50. The van der Waals surface area contributed by atoms with Crippen LogP contribution in [0.4, 0.5) is 0 Å². The van der Waals surface area contributed by atoms with Crippen molar-refractivity contribution in [2.45, 2.75) is 33.4 Å². The lowest BCUT2D eigenvalue weighted by molar-refractivity contribution is -0.145. The van der Waals surface area contributed by atoms with Crippen molar-refractivity contribution in [3.63, 3.8) is 0 Å². The molecule has 18 heavy (non-hydrogen) atoms. The van der Waals surface area contributed by atoms with E-state index in [1.165, 1.54) is 5.69 Å². The van der Waals surface area contributed by atoms with Crippen LogP contribution >= 0.6 is 0 Å². The van der Waals surface area contributed by atoms with Crippen LogP contribution < -0.4 is 0 Å². The zero-order valence-electron chi connectivity index (χ0n) is 11.2. The first-order valence-electron chi connectivity index (χ1n) is 6.45. The Morgan fingerprint density at radius 1 is 1.50 bits per heavy atom. The van der Waals surface area contributed by atoms with E-state index in [2.05, 4.69) is 28.3 Å². The molecule has 2 rings (SSSR count). The van der Waals surface area contributed by atoms with Crippen molar-refractivity contribution in [2.24, 2.45) is 11.8 Å². The fourth-order valence-corrected chi connectivity index (χ4v) is 2.41. The first-order valence-corrected chi connectivity index (χ1v) is 6.45. The van der Waals surface area contributed by atoms with Gasteiger partial charge < -0.3 is 9.67 Å². The van der Waals surface area contributed by atoms with Gasteiger partial charge in [-0.1, -0.05) is 6.92 Å². The number of nitrogens with zero attached hydrogens (tertiary/aromatic N) is 3. The highest BCUT2D eigenvalue weighted by atomic mass is 16.4. The predicted molar refractivity (Wildman–Crippen MR) is 68.2 cm³/mol. The van der Waals surface area contributed by atoms with E-state index in [0.717, 1.165) is 19.6 Å². The Labute approximate surface area is 107 Å². The molecule has 1 atom stereocenters. The van der Waals surface area contributed by atoms with Crippen LogP contribution in [0.5, 0.6) is 0 Å². The van der Waals surface area contributed by atoms with E-state index in [-0.39, 0.29) is 11.8 Å². The second-order valence-electron chi connectivity index (χ2n) is 5.47. The van der Waals surface area contributed by atoms with E-state index in [1.54, 1.807) is 6.92 Å². The van der Waals surface area contributed by atoms with Gasteiger partial charge in [0, 0.05) is 31.9 Å². The summed E-state index contributed by atoms with van der Waals surface area (Å²) >= 11 is 0. The number of imidazole rings is 1. The van der Waals surface area contributed by atoms with E-state index in [0.29, 0.717) is 6.04 Å². The van der Waals surface area contributed by atoms with Gasteiger partial charge in [0.05, 0.1) is 17.9 Å². The van der Waals surface area contributed by atoms with E-state index >= 15 is 0 Å². The van der Waals surface area contributed by atoms with E-state index in [4.69, 9.17) is 5.11 Å². The van der Waals surface area contributed by atoms with E-state index < -0.39 is 5.97 Å². The number of likely N-dealkylation sites (tertiary alicyclic amines) is 1. The number of carbonyl (C=O) groups is 1. The van der Waals surface area contributed by atoms with Crippen molar-refractivity contribution in [1.29, 1.82) is 0 Å². The Bertz CT molecular complexity index is 422. The number of hydrogen-bond acceptors (Lipinski definition) is 3. The second kappa shape index (κ2) is 5.10. The number of aliphatic carboxylic acids is 1. The molecule has 0 aliphatic carbocycles. The zero-order valence-corrected chi connectivity index (χ0v) is 11.2. The Morgan fingerprint density at radius 3 is 2.72 bits per heavy atom. The van der Waals surface area contributed by atoms with Crippen LogP contribution in [0.15, 0.2) is 12.5 Å². The van der Waals surface area contributed by atoms with Crippen molar-refractivity contribution < 1.29 is 9.90 Å². The van der Waals surface area contributed by atoms with Crippen LogP contribution in [-0.2, 0) is 11.3 Å². The molecule has 1 aromatic heterocycles. The van der Waals surface area contributed by atoms with Crippen molar-refractivity contribution in [3.8, 4) is 0 Å². The van der Waals surface area contributed by atoms with Crippen LogP contribution in [0.2, 0.25) is 0 Å². The maximum atomic E-state index is 10.9. The predicted octanol–water partition coefficient (Wildman–Crippen LogP) is 1.62. The lowest BCUT2D eigenvalue weighted by atomic mass is 9.87. The molecule has 100 valence electrons. The molecule has 5 heteroatoms. The third-order valence-electron chi connectivity index (χ3n) is 3.77. The summed E-state index contributed by atoms with van der Waals surface area (Å²) in [4.78, 5) is 17.3. The molecule has 2 heterocycles. The molecule has 1 saturated heterocycles. The third kappa shape index (κ3) is 2.56. The van der Waals surface area contributed by atoms with Crippen LogP contribution in [0.3, 0.4) is 0 Å². The number of rotatable bonds is 5. The molecule has 0 aromatic carbocycles. The summed E-state index contributed by atoms with van der Waals surface area (Å²) in [6, 6.07) is 0.414. The van der Waals surface area contributed by atoms with Crippen molar-refractivity contribution in [1.82, 2.24) is 14.5 Å². The third-order valence-corrected chi connectivity index (χ3v) is 3.77. The van der Waals surface area contributed by atoms with Crippen LogP contribution in [0.1, 0.15) is 32.5 Å². The maximum absolute atomic E-state index is 10.9. The van der Waals surface area contributed by atoms with Gasteiger partial charge in [0.25, 0.3) is 0 Å². The molecule has 0 radical (unpaired) electrons. The van der Waals surface area contributed by atoms with Crippen LogP contribution in [-0.4, -0.2) is 38.6 Å². The van der Waals surface area contributed by atoms with Gasteiger partial charge >= 0.3 is 5.97 Å². The van der Waals surface area contributed by atoms with Gasteiger partial charge in [-0.3, -0.25) is 9.69 Å². The zero-order chi connectivity index (χ0) is 13.3. The Morgan fingerprint density at radius 2 is 2.17 bits per heavy atom. The summed E-state index contributed by atoms with van der Waals surface area (Å²) in [7, 11) is 0. The highest BCUT2D eigenvalue weighted by Gasteiger charge is 2.34. The summed E-state index contributed by atoms with van der Waals surface area (Å²) in [6.45, 7) is 8.67. The second-order valence-corrected chi connectivity index (χ2v) is 5.47. The van der Waals surface area contributed by atoms with Gasteiger partial charge in [-0.15, -0.1) is 0 Å². The SMILES string of the molecule is CC(C(=O)O)C1CN(Cc2cncn2C(C)C)C1. The molecule has 0 bridgehead atoms. The minimum Gasteiger partial charge on any atom is -0.481 e. The monoisotopic (exact) mass is 251 g/mol.